The monoisotopic (exact) mass is 159 g/mol. The van der Waals surface area contributed by atoms with Gasteiger partial charge in [0.1, 0.15) is 0 Å². The Hall–Kier alpha value is -1.35. The van der Waals surface area contributed by atoms with Gasteiger partial charge < -0.3 is 5.32 Å². The van der Waals surface area contributed by atoms with Gasteiger partial charge in [-0.1, -0.05) is 6.07 Å². The number of aromatic nitrogens is 2. The van der Waals surface area contributed by atoms with Crippen molar-refractivity contribution in [2.45, 2.75) is 6.54 Å². The van der Waals surface area contributed by atoms with E-state index in [1.54, 1.807) is 6.20 Å². The van der Waals surface area contributed by atoms with Crippen molar-refractivity contribution in [1.29, 1.82) is 0 Å². The lowest BCUT2D eigenvalue weighted by molar-refractivity contribution is 0.868. The quantitative estimate of drug-likeness (QED) is 0.649. The Bertz CT molecular complexity index is 378. The Balaban J connectivity index is 2.46. The molecular formula is C9H9N3. The maximum Gasteiger partial charge on any atom is 0.0650 e. The molecule has 2 N–H and O–H groups in total. The summed E-state index contributed by atoms with van der Waals surface area (Å²) < 4.78 is 0. The third-order valence-electron chi connectivity index (χ3n) is 1.81. The molecule has 1 aromatic heterocycles. The van der Waals surface area contributed by atoms with E-state index < -0.39 is 0 Å². The highest BCUT2D eigenvalue weighted by Crippen LogP contribution is 2.12. The van der Waals surface area contributed by atoms with E-state index in [0.29, 0.717) is 6.54 Å². The third kappa shape index (κ3) is 1.19. The molecule has 0 aliphatic carbocycles. The fourth-order valence-corrected chi connectivity index (χ4v) is 1.22. The summed E-state index contributed by atoms with van der Waals surface area (Å²) >= 11 is 0. The zero-order valence-electron chi connectivity index (χ0n) is 6.54. The standard InChI is InChI=1S/C9H9N3/c1-10-5-7-2-3-9-8(4-7)6-11-12-9/h1-4,6,10H,5H2,(H,11,12). The van der Waals surface area contributed by atoms with Crippen LogP contribution in [-0.2, 0) is 6.54 Å². The van der Waals surface area contributed by atoms with Crippen molar-refractivity contribution in [3.05, 3.63) is 37.0 Å². The van der Waals surface area contributed by atoms with Crippen molar-refractivity contribution < 1.29 is 0 Å². The van der Waals surface area contributed by atoms with E-state index in [4.69, 9.17) is 7.05 Å². The molecule has 2 radical (unpaired) electrons. The Morgan fingerprint density at radius 2 is 2.42 bits per heavy atom. The first-order chi connectivity index (χ1) is 5.90. The van der Waals surface area contributed by atoms with Crippen molar-refractivity contribution in [1.82, 2.24) is 15.5 Å². The largest absolute Gasteiger partial charge is 0.307 e. The van der Waals surface area contributed by atoms with Gasteiger partial charge in [-0.15, -0.1) is 0 Å². The SMILES string of the molecule is [CH]NCc1ccc2[nH]ncc2c1. The van der Waals surface area contributed by atoms with Crippen molar-refractivity contribution >= 4 is 10.9 Å². The van der Waals surface area contributed by atoms with Gasteiger partial charge in [0.05, 0.1) is 11.7 Å². The lowest BCUT2D eigenvalue weighted by Gasteiger charge is -1.98. The number of hydrogen-bond donors (Lipinski definition) is 2. The molecule has 2 rings (SSSR count). The van der Waals surface area contributed by atoms with Crippen LogP contribution in [0.3, 0.4) is 0 Å². The Kier molecular flexibility index (Phi) is 1.80. The molecule has 3 nitrogen and oxygen atoms in total. The molecule has 0 atom stereocenters. The van der Waals surface area contributed by atoms with Crippen LogP contribution in [0.5, 0.6) is 0 Å². The van der Waals surface area contributed by atoms with Gasteiger partial charge >= 0.3 is 0 Å². The molecule has 0 spiro atoms. The average Bonchev–Trinajstić information content (AvgIpc) is 2.51. The number of hydrogen-bond acceptors (Lipinski definition) is 2. The fourth-order valence-electron chi connectivity index (χ4n) is 1.22. The van der Waals surface area contributed by atoms with Crippen LogP contribution in [-0.4, -0.2) is 10.2 Å². The first kappa shape index (κ1) is 7.31. The molecular weight excluding hydrogens is 150 g/mol. The van der Waals surface area contributed by atoms with Gasteiger partial charge in [0.15, 0.2) is 0 Å². The number of aromatic amines is 1. The van der Waals surface area contributed by atoms with Crippen LogP contribution in [0.25, 0.3) is 10.9 Å². The van der Waals surface area contributed by atoms with E-state index in [2.05, 4.69) is 21.6 Å². The van der Waals surface area contributed by atoms with Gasteiger partial charge in [0.25, 0.3) is 0 Å². The maximum atomic E-state index is 5.21. The second-order valence-corrected chi connectivity index (χ2v) is 2.67. The first-order valence-electron chi connectivity index (χ1n) is 3.75. The molecule has 0 saturated carbocycles. The van der Waals surface area contributed by atoms with Gasteiger partial charge in [0.2, 0.25) is 0 Å². The highest BCUT2D eigenvalue weighted by atomic mass is 15.1. The number of H-pyrrole nitrogens is 1. The summed E-state index contributed by atoms with van der Waals surface area (Å²) in [5.41, 5.74) is 2.21. The summed E-state index contributed by atoms with van der Waals surface area (Å²) in [5, 5.41) is 10.5. The molecule has 60 valence electrons. The molecule has 2 aromatic rings. The highest BCUT2D eigenvalue weighted by molar-refractivity contribution is 5.78. The van der Waals surface area contributed by atoms with Gasteiger partial charge in [-0.2, -0.15) is 5.10 Å². The summed E-state index contributed by atoms with van der Waals surface area (Å²) in [7, 11) is 5.21. The van der Waals surface area contributed by atoms with Crippen LogP contribution < -0.4 is 5.32 Å². The minimum atomic E-state index is 0.682. The van der Waals surface area contributed by atoms with E-state index in [0.717, 1.165) is 16.5 Å². The topological polar surface area (TPSA) is 40.7 Å². The van der Waals surface area contributed by atoms with Gasteiger partial charge in [-0.05, 0) is 17.7 Å². The predicted octanol–water partition coefficient (Wildman–Crippen LogP) is 1.32. The molecule has 0 unspecified atom stereocenters. The Morgan fingerprint density at radius 1 is 1.50 bits per heavy atom. The lowest BCUT2D eigenvalue weighted by atomic mass is 10.1. The minimum Gasteiger partial charge on any atom is -0.307 e. The average molecular weight is 159 g/mol. The van der Waals surface area contributed by atoms with Crippen LogP contribution in [0.15, 0.2) is 24.4 Å². The maximum absolute atomic E-state index is 5.21. The van der Waals surface area contributed by atoms with Crippen LogP contribution in [0.4, 0.5) is 0 Å². The minimum absolute atomic E-state index is 0.682. The summed E-state index contributed by atoms with van der Waals surface area (Å²) in [6, 6.07) is 6.06. The van der Waals surface area contributed by atoms with Gasteiger partial charge in [-0.3, -0.25) is 5.10 Å². The molecule has 1 heterocycles. The molecule has 12 heavy (non-hydrogen) atoms. The van der Waals surface area contributed by atoms with E-state index in [1.807, 2.05) is 12.1 Å². The number of nitrogens with one attached hydrogen (secondary N) is 2. The number of fused-ring (bicyclic) bond motifs is 1. The normalized spacial score (nSPS) is 10.8. The van der Waals surface area contributed by atoms with Crippen molar-refractivity contribution in [3.8, 4) is 0 Å². The lowest BCUT2D eigenvalue weighted by Crippen LogP contribution is -2.01. The summed E-state index contributed by atoms with van der Waals surface area (Å²) in [6.07, 6.45) is 1.80. The number of rotatable bonds is 2. The van der Waals surface area contributed by atoms with Crippen LogP contribution >= 0.6 is 0 Å². The zero-order valence-corrected chi connectivity index (χ0v) is 6.54. The van der Waals surface area contributed by atoms with E-state index in [1.165, 1.54) is 0 Å². The highest BCUT2D eigenvalue weighted by Gasteiger charge is 1.95. The second-order valence-electron chi connectivity index (χ2n) is 2.67. The molecule has 0 fully saturated rings. The number of benzene rings is 1. The van der Waals surface area contributed by atoms with E-state index >= 15 is 0 Å². The summed E-state index contributed by atoms with van der Waals surface area (Å²) in [4.78, 5) is 0. The van der Waals surface area contributed by atoms with E-state index in [-0.39, 0.29) is 0 Å². The predicted molar refractivity (Wildman–Crippen MR) is 47.2 cm³/mol. The third-order valence-corrected chi connectivity index (χ3v) is 1.81. The van der Waals surface area contributed by atoms with Crippen LogP contribution in [0.1, 0.15) is 5.56 Å². The molecule has 0 saturated heterocycles. The zero-order chi connectivity index (χ0) is 8.39. The van der Waals surface area contributed by atoms with Crippen LogP contribution in [0, 0.1) is 7.05 Å². The Morgan fingerprint density at radius 3 is 3.25 bits per heavy atom. The van der Waals surface area contributed by atoms with Crippen molar-refractivity contribution in [2.24, 2.45) is 0 Å². The van der Waals surface area contributed by atoms with Gasteiger partial charge in [-0.25, -0.2) is 0 Å². The Labute approximate surface area is 70.8 Å². The second kappa shape index (κ2) is 2.95. The molecule has 3 heteroatoms. The number of nitrogens with zero attached hydrogens (tertiary/aromatic N) is 1. The molecule has 0 bridgehead atoms. The molecule has 0 amide bonds. The molecule has 0 aliphatic rings. The molecule has 1 aromatic carbocycles. The van der Waals surface area contributed by atoms with E-state index in [9.17, 15) is 0 Å². The summed E-state index contributed by atoms with van der Waals surface area (Å²) in [6.45, 7) is 0.682. The van der Waals surface area contributed by atoms with Crippen molar-refractivity contribution in [2.75, 3.05) is 0 Å². The smallest absolute Gasteiger partial charge is 0.0650 e. The van der Waals surface area contributed by atoms with Crippen LogP contribution in [0.2, 0.25) is 0 Å². The summed E-state index contributed by atoms with van der Waals surface area (Å²) in [5.74, 6) is 0. The first-order valence-corrected chi connectivity index (χ1v) is 3.75. The molecule has 0 aliphatic heterocycles. The fraction of sp³-hybridized carbons (Fsp3) is 0.111. The van der Waals surface area contributed by atoms with Gasteiger partial charge in [0, 0.05) is 19.0 Å². The van der Waals surface area contributed by atoms with Crippen molar-refractivity contribution in [3.63, 3.8) is 0 Å².